The van der Waals surface area contributed by atoms with Crippen molar-refractivity contribution in [2.75, 3.05) is 12.9 Å². The summed E-state index contributed by atoms with van der Waals surface area (Å²) in [4.78, 5) is 12.1. The number of amides is 1. The molecule has 0 aromatic heterocycles. The van der Waals surface area contributed by atoms with Crippen molar-refractivity contribution in [2.45, 2.75) is 50.9 Å². The van der Waals surface area contributed by atoms with Gasteiger partial charge in [-0.05, 0) is 43.2 Å². The second kappa shape index (κ2) is 7.47. The van der Waals surface area contributed by atoms with Gasteiger partial charge in [0.2, 0.25) is 10.0 Å². The quantitative estimate of drug-likeness (QED) is 0.799. The molecule has 0 atom stereocenters. The number of rotatable bonds is 6. The Morgan fingerprint density at radius 3 is 2.56 bits per heavy atom. The second-order valence-corrected chi connectivity index (χ2v) is 9.34. The maximum absolute atomic E-state index is 14.5. The van der Waals surface area contributed by atoms with Crippen molar-refractivity contribution in [3.8, 4) is 11.8 Å². The van der Waals surface area contributed by atoms with E-state index in [1.165, 1.54) is 6.07 Å². The molecular weight excluding hydrogens is 371 g/mol. The molecule has 0 aliphatic heterocycles. The van der Waals surface area contributed by atoms with Crippen LogP contribution in [-0.4, -0.2) is 27.2 Å². The molecule has 27 heavy (non-hydrogen) atoms. The number of nitrogens with one attached hydrogen (secondary N) is 1. The molecule has 0 heterocycles. The van der Waals surface area contributed by atoms with Crippen LogP contribution in [0.4, 0.5) is 4.39 Å². The smallest absolute Gasteiger partial charge is 0.267 e. The lowest BCUT2D eigenvalue weighted by Crippen LogP contribution is -2.31. The number of benzene rings is 1. The number of ether oxygens (including phenoxy) is 1. The normalized spacial score (nSPS) is 19.1. The topological polar surface area (TPSA) is 96.3 Å². The fourth-order valence-corrected chi connectivity index (χ4v) is 3.99. The minimum atomic E-state index is -3.79. The fraction of sp³-hybridized carbons (Fsp3) is 0.579. The van der Waals surface area contributed by atoms with Gasteiger partial charge in [-0.25, -0.2) is 17.5 Å². The van der Waals surface area contributed by atoms with Gasteiger partial charge in [-0.2, -0.15) is 5.26 Å². The SMILES string of the molecule is CS(=O)(=O)NC(=O)c1cc(C2CC2)c(OCC2(C#N)CCCCC2)cc1F. The molecule has 3 rings (SSSR count). The lowest BCUT2D eigenvalue weighted by molar-refractivity contribution is 0.0977. The molecule has 0 saturated heterocycles. The number of sulfonamides is 1. The highest BCUT2D eigenvalue weighted by atomic mass is 32.2. The maximum Gasteiger partial charge on any atom is 0.267 e. The summed E-state index contributed by atoms with van der Waals surface area (Å²) in [6.07, 6.45) is 7.23. The van der Waals surface area contributed by atoms with Crippen LogP contribution in [0, 0.1) is 22.6 Å². The van der Waals surface area contributed by atoms with E-state index in [1.54, 1.807) is 4.72 Å². The van der Waals surface area contributed by atoms with Crippen LogP contribution in [0.3, 0.4) is 0 Å². The van der Waals surface area contributed by atoms with Gasteiger partial charge in [-0.15, -0.1) is 0 Å². The van der Waals surface area contributed by atoms with Crippen molar-refractivity contribution in [3.05, 3.63) is 29.1 Å². The minimum Gasteiger partial charge on any atom is -0.492 e. The number of halogens is 1. The third-order valence-corrected chi connectivity index (χ3v) is 5.75. The Balaban J connectivity index is 1.84. The summed E-state index contributed by atoms with van der Waals surface area (Å²) in [5, 5.41) is 9.58. The van der Waals surface area contributed by atoms with E-state index in [4.69, 9.17) is 4.74 Å². The predicted molar refractivity (Wildman–Crippen MR) is 97.3 cm³/mol. The highest BCUT2D eigenvalue weighted by Crippen LogP contribution is 2.46. The molecule has 2 aliphatic rings. The van der Waals surface area contributed by atoms with E-state index in [0.717, 1.165) is 57.3 Å². The van der Waals surface area contributed by atoms with Gasteiger partial charge in [0.25, 0.3) is 5.91 Å². The number of hydrogen-bond acceptors (Lipinski definition) is 5. The first-order valence-corrected chi connectivity index (χ1v) is 11.0. The molecule has 1 aromatic rings. The third-order valence-electron chi connectivity index (χ3n) is 5.19. The molecular formula is C19H23FN2O4S. The first-order chi connectivity index (χ1) is 12.7. The largest absolute Gasteiger partial charge is 0.492 e. The van der Waals surface area contributed by atoms with Crippen molar-refractivity contribution < 1.29 is 22.3 Å². The Labute approximate surface area is 158 Å². The molecule has 0 spiro atoms. The van der Waals surface area contributed by atoms with Gasteiger partial charge in [-0.1, -0.05) is 19.3 Å². The lowest BCUT2D eigenvalue weighted by atomic mass is 9.76. The number of carbonyl (C=O) groups is 1. The van der Waals surface area contributed by atoms with Crippen molar-refractivity contribution >= 4 is 15.9 Å². The first kappa shape index (κ1) is 19.6. The molecule has 1 amide bonds. The van der Waals surface area contributed by atoms with E-state index in [-0.39, 0.29) is 18.1 Å². The number of nitriles is 1. The third kappa shape index (κ3) is 4.78. The zero-order chi connectivity index (χ0) is 19.7. The average Bonchev–Trinajstić information content (AvgIpc) is 3.44. The number of hydrogen-bond donors (Lipinski definition) is 1. The fourth-order valence-electron chi connectivity index (χ4n) is 3.54. The molecule has 6 nitrogen and oxygen atoms in total. The van der Waals surface area contributed by atoms with E-state index in [9.17, 15) is 22.9 Å². The summed E-state index contributed by atoms with van der Waals surface area (Å²) < 4.78 is 44.7. The van der Waals surface area contributed by atoms with Gasteiger partial charge in [0.1, 0.15) is 18.2 Å². The van der Waals surface area contributed by atoms with Gasteiger partial charge in [-0.3, -0.25) is 4.79 Å². The Bertz CT molecular complexity index is 882. The highest BCUT2D eigenvalue weighted by molar-refractivity contribution is 7.89. The van der Waals surface area contributed by atoms with Crippen molar-refractivity contribution in [2.24, 2.45) is 5.41 Å². The van der Waals surface area contributed by atoms with Gasteiger partial charge in [0, 0.05) is 6.07 Å². The van der Waals surface area contributed by atoms with Crippen molar-refractivity contribution in [3.63, 3.8) is 0 Å². The second-order valence-electron chi connectivity index (χ2n) is 7.59. The van der Waals surface area contributed by atoms with Gasteiger partial charge in [0.05, 0.1) is 23.3 Å². The Kier molecular flexibility index (Phi) is 5.43. The van der Waals surface area contributed by atoms with Crippen LogP contribution in [0.15, 0.2) is 12.1 Å². The molecule has 1 aromatic carbocycles. The Morgan fingerprint density at radius 1 is 1.33 bits per heavy atom. The number of carbonyl (C=O) groups excluding carboxylic acids is 1. The lowest BCUT2D eigenvalue weighted by Gasteiger charge is -2.30. The summed E-state index contributed by atoms with van der Waals surface area (Å²) in [5.41, 5.74) is -0.177. The molecule has 0 radical (unpaired) electrons. The van der Waals surface area contributed by atoms with Gasteiger partial charge >= 0.3 is 0 Å². The molecule has 0 unspecified atom stereocenters. The van der Waals surface area contributed by atoms with Crippen LogP contribution >= 0.6 is 0 Å². The highest BCUT2D eigenvalue weighted by Gasteiger charge is 2.35. The summed E-state index contributed by atoms with van der Waals surface area (Å²) in [5.74, 6) is -1.34. The molecule has 1 N–H and O–H groups in total. The standard InChI is InChI=1S/C19H23FN2O4S/c1-27(24,25)22-18(23)15-9-14(13-5-6-13)17(10-16(15)20)26-12-19(11-21)7-3-2-4-8-19/h9-10,13H,2-8,12H2,1H3,(H,22,23). The monoisotopic (exact) mass is 394 g/mol. The summed E-state index contributed by atoms with van der Waals surface area (Å²) in [7, 11) is -3.79. The van der Waals surface area contributed by atoms with Crippen LogP contribution in [0.1, 0.15) is 66.8 Å². The minimum absolute atomic E-state index is 0.162. The van der Waals surface area contributed by atoms with E-state index in [1.807, 2.05) is 0 Å². The van der Waals surface area contributed by atoms with E-state index >= 15 is 0 Å². The predicted octanol–water partition coefficient (Wildman–Crippen LogP) is 3.25. The van der Waals surface area contributed by atoms with E-state index in [0.29, 0.717) is 11.3 Å². The van der Waals surface area contributed by atoms with E-state index < -0.39 is 27.2 Å². The summed E-state index contributed by atoms with van der Waals surface area (Å²) >= 11 is 0. The van der Waals surface area contributed by atoms with Gasteiger partial charge in [0.15, 0.2) is 0 Å². The van der Waals surface area contributed by atoms with Crippen molar-refractivity contribution in [1.82, 2.24) is 4.72 Å². The molecule has 2 aliphatic carbocycles. The maximum atomic E-state index is 14.5. The van der Waals surface area contributed by atoms with Crippen LogP contribution in [0.2, 0.25) is 0 Å². The van der Waals surface area contributed by atoms with Crippen LogP contribution in [0.25, 0.3) is 0 Å². The molecule has 0 bridgehead atoms. The van der Waals surface area contributed by atoms with Crippen LogP contribution in [-0.2, 0) is 10.0 Å². The molecule has 146 valence electrons. The first-order valence-electron chi connectivity index (χ1n) is 9.13. The molecule has 2 fully saturated rings. The van der Waals surface area contributed by atoms with Crippen LogP contribution < -0.4 is 9.46 Å². The van der Waals surface area contributed by atoms with E-state index in [2.05, 4.69) is 6.07 Å². The van der Waals surface area contributed by atoms with Crippen LogP contribution in [0.5, 0.6) is 5.75 Å². The molecule has 8 heteroatoms. The van der Waals surface area contributed by atoms with Crippen molar-refractivity contribution in [1.29, 1.82) is 5.26 Å². The van der Waals surface area contributed by atoms with Gasteiger partial charge < -0.3 is 4.74 Å². The zero-order valence-corrected chi connectivity index (χ0v) is 16.1. The zero-order valence-electron chi connectivity index (χ0n) is 15.3. The summed E-state index contributed by atoms with van der Waals surface area (Å²) in [6.45, 7) is 0.192. The molecule has 2 saturated carbocycles. The summed E-state index contributed by atoms with van der Waals surface area (Å²) in [6, 6.07) is 4.89. The Morgan fingerprint density at radius 2 is 2.00 bits per heavy atom. The number of nitrogens with zero attached hydrogens (tertiary/aromatic N) is 1. The average molecular weight is 394 g/mol. The Hall–Kier alpha value is -2.14.